The Bertz CT molecular complexity index is 974. The van der Waals surface area contributed by atoms with Gasteiger partial charge in [0.25, 0.3) is 0 Å². The summed E-state index contributed by atoms with van der Waals surface area (Å²) in [7, 11) is 0. The Morgan fingerprint density at radius 1 is 0.375 bits per heavy atom. The molecule has 4 heteroatoms. The molecule has 1 amide bonds. The third kappa shape index (κ3) is 51.6. The highest BCUT2D eigenvalue weighted by Gasteiger charge is 2.18. The number of hydrogen-bond acceptors (Lipinski definition) is 3. The molecule has 0 saturated heterocycles. The zero-order valence-corrected chi connectivity index (χ0v) is 43.6. The van der Waals surface area contributed by atoms with Crippen LogP contribution in [0.2, 0.25) is 0 Å². The minimum atomic E-state index is -0.838. The summed E-state index contributed by atoms with van der Waals surface area (Å²) >= 11 is 0. The lowest BCUT2D eigenvalue weighted by atomic mass is 10.0. The molecule has 0 heterocycles. The molecule has 0 aliphatic heterocycles. The molecule has 0 aromatic carbocycles. The van der Waals surface area contributed by atoms with Crippen LogP contribution in [-0.2, 0) is 4.79 Å². The molecule has 0 radical (unpaired) electrons. The van der Waals surface area contributed by atoms with E-state index in [-0.39, 0.29) is 12.5 Å². The molecule has 2 unspecified atom stereocenters. The number of carbonyl (C=O) groups excluding carboxylic acids is 1. The lowest BCUT2D eigenvalue weighted by Crippen LogP contribution is -2.45. The number of rotatable bonds is 54. The third-order valence-electron chi connectivity index (χ3n) is 13.6. The van der Waals surface area contributed by atoms with Crippen LogP contribution in [0.1, 0.15) is 322 Å². The predicted octanol–water partition coefficient (Wildman–Crippen LogP) is 19.3. The van der Waals surface area contributed by atoms with Crippen LogP contribution in [0.25, 0.3) is 0 Å². The molecular formula is C60H115NO3. The highest BCUT2D eigenvalue weighted by Crippen LogP contribution is 2.17. The van der Waals surface area contributed by atoms with E-state index in [9.17, 15) is 15.0 Å². The van der Waals surface area contributed by atoms with Crippen molar-refractivity contribution in [3.63, 3.8) is 0 Å². The summed E-state index contributed by atoms with van der Waals surface area (Å²) in [6, 6.07) is -0.621. The maximum atomic E-state index is 12.5. The highest BCUT2D eigenvalue weighted by atomic mass is 16.3. The molecule has 0 aliphatic carbocycles. The molecule has 0 rings (SSSR count). The van der Waals surface area contributed by atoms with Gasteiger partial charge < -0.3 is 15.5 Å². The summed E-state index contributed by atoms with van der Waals surface area (Å²) in [6.07, 6.45) is 76.1. The van der Waals surface area contributed by atoms with E-state index in [1.165, 1.54) is 270 Å². The zero-order chi connectivity index (χ0) is 46.3. The predicted molar refractivity (Wildman–Crippen MR) is 285 cm³/mol. The summed E-state index contributed by atoms with van der Waals surface area (Å²) in [5.41, 5.74) is 0. The first kappa shape index (κ1) is 62.6. The van der Waals surface area contributed by atoms with Gasteiger partial charge in [-0.3, -0.25) is 4.79 Å². The van der Waals surface area contributed by atoms with Crippen LogP contribution in [0, 0.1) is 0 Å². The second-order valence-electron chi connectivity index (χ2n) is 20.1. The number of aliphatic hydroxyl groups excluding tert-OH is 2. The number of allylic oxidation sites excluding steroid dienone is 5. The molecule has 64 heavy (non-hydrogen) atoms. The average molecular weight is 899 g/mol. The number of carbonyl (C=O) groups is 1. The van der Waals surface area contributed by atoms with Crippen molar-refractivity contribution in [3.8, 4) is 0 Å². The van der Waals surface area contributed by atoms with E-state index in [0.717, 1.165) is 32.1 Å². The van der Waals surface area contributed by atoms with E-state index in [2.05, 4.69) is 43.5 Å². The number of nitrogens with one attached hydrogen (secondary N) is 1. The maximum absolute atomic E-state index is 12.5. The van der Waals surface area contributed by atoms with E-state index in [4.69, 9.17) is 0 Å². The van der Waals surface area contributed by atoms with Crippen molar-refractivity contribution >= 4 is 5.91 Å². The summed E-state index contributed by atoms with van der Waals surface area (Å²) < 4.78 is 0. The summed E-state index contributed by atoms with van der Waals surface area (Å²) in [5, 5.41) is 23.2. The van der Waals surface area contributed by atoms with Crippen LogP contribution in [0.3, 0.4) is 0 Å². The van der Waals surface area contributed by atoms with Crippen LogP contribution in [0.15, 0.2) is 36.5 Å². The second kappa shape index (κ2) is 55.9. The standard InChI is InChI=1S/C60H115NO3/c1-3-5-7-9-11-13-15-17-19-21-22-23-24-25-26-27-28-29-30-31-32-33-34-35-36-37-38-40-42-44-46-48-50-52-54-56-60(64)61-58(57-62)59(63)55-53-51-49-47-45-43-41-39-20-18-16-14-12-10-8-6-4-2/h24-25,27-28,53,55,58-59,62-63H,3-23,26,29-52,54,56-57H2,1-2H3,(H,61,64)/b25-24-,28-27-,55-53+. The van der Waals surface area contributed by atoms with E-state index < -0.39 is 12.1 Å². The molecule has 0 spiro atoms. The van der Waals surface area contributed by atoms with Crippen molar-refractivity contribution < 1.29 is 15.0 Å². The van der Waals surface area contributed by atoms with E-state index in [1.54, 1.807) is 6.08 Å². The molecule has 0 aliphatic rings. The lowest BCUT2D eigenvalue weighted by Gasteiger charge is -2.20. The van der Waals surface area contributed by atoms with Gasteiger partial charge in [-0.2, -0.15) is 0 Å². The summed E-state index contributed by atoms with van der Waals surface area (Å²) in [5.74, 6) is -0.0594. The van der Waals surface area contributed by atoms with Crippen LogP contribution < -0.4 is 5.32 Å². The lowest BCUT2D eigenvalue weighted by molar-refractivity contribution is -0.123. The van der Waals surface area contributed by atoms with E-state index >= 15 is 0 Å². The molecule has 0 saturated carbocycles. The molecule has 0 aromatic rings. The van der Waals surface area contributed by atoms with Gasteiger partial charge in [0, 0.05) is 6.42 Å². The molecule has 4 nitrogen and oxygen atoms in total. The van der Waals surface area contributed by atoms with Gasteiger partial charge in [-0.25, -0.2) is 0 Å². The van der Waals surface area contributed by atoms with Gasteiger partial charge in [0.05, 0.1) is 18.8 Å². The first-order valence-electron chi connectivity index (χ1n) is 29.2. The van der Waals surface area contributed by atoms with Gasteiger partial charge in [0.1, 0.15) is 0 Å². The van der Waals surface area contributed by atoms with Gasteiger partial charge in [-0.1, -0.05) is 301 Å². The van der Waals surface area contributed by atoms with Crippen molar-refractivity contribution in [1.82, 2.24) is 5.32 Å². The van der Waals surface area contributed by atoms with Crippen molar-refractivity contribution in [2.24, 2.45) is 0 Å². The topological polar surface area (TPSA) is 69.6 Å². The second-order valence-corrected chi connectivity index (χ2v) is 20.1. The summed E-state index contributed by atoms with van der Waals surface area (Å²) in [4.78, 5) is 12.5. The van der Waals surface area contributed by atoms with Crippen LogP contribution in [0.4, 0.5) is 0 Å². The minimum Gasteiger partial charge on any atom is -0.394 e. The molecule has 2 atom stereocenters. The number of aliphatic hydroxyl groups is 2. The number of unbranched alkanes of at least 4 members (excludes halogenated alkanes) is 43. The minimum absolute atomic E-state index is 0.0594. The van der Waals surface area contributed by atoms with Gasteiger partial charge >= 0.3 is 0 Å². The van der Waals surface area contributed by atoms with Crippen molar-refractivity contribution in [1.29, 1.82) is 0 Å². The molecule has 378 valence electrons. The quantitative estimate of drug-likeness (QED) is 0.0421. The van der Waals surface area contributed by atoms with Crippen molar-refractivity contribution in [2.45, 2.75) is 334 Å². The fraction of sp³-hybridized carbons (Fsp3) is 0.883. The SMILES string of the molecule is CCCCCCCCCCCCC/C=C\C/C=C\CCCCCCCCCCCCCCCCCCCC(=O)NC(CO)C(O)/C=C/CCCCCCCCCCCCCCCCC. The van der Waals surface area contributed by atoms with Gasteiger partial charge in [-0.15, -0.1) is 0 Å². The Kier molecular flexibility index (Phi) is 54.7. The Labute approximate surface area is 402 Å². The van der Waals surface area contributed by atoms with Crippen molar-refractivity contribution in [2.75, 3.05) is 6.61 Å². The molecule has 0 aromatic heterocycles. The molecule has 0 fully saturated rings. The average Bonchev–Trinajstić information content (AvgIpc) is 3.30. The fourth-order valence-corrected chi connectivity index (χ4v) is 9.15. The third-order valence-corrected chi connectivity index (χ3v) is 13.6. The van der Waals surface area contributed by atoms with Gasteiger partial charge in [0.2, 0.25) is 5.91 Å². The van der Waals surface area contributed by atoms with E-state index in [0.29, 0.717) is 6.42 Å². The monoisotopic (exact) mass is 898 g/mol. The molecular weight excluding hydrogens is 783 g/mol. The van der Waals surface area contributed by atoms with Crippen LogP contribution in [0.5, 0.6) is 0 Å². The zero-order valence-electron chi connectivity index (χ0n) is 43.6. The largest absolute Gasteiger partial charge is 0.394 e. The number of hydrogen-bond donors (Lipinski definition) is 3. The van der Waals surface area contributed by atoms with Gasteiger partial charge in [-0.05, 0) is 51.4 Å². The van der Waals surface area contributed by atoms with E-state index in [1.807, 2.05) is 6.08 Å². The Morgan fingerprint density at radius 3 is 0.938 bits per heavy atom. The first-order valence-corrected chi connectivity index (χ1v) is 29.2. The van der Waals surface area contributed by atoms with Crippen molar-refractivity contribution in [3.05, 3.63) is 36.5 Å². The van der Waals surface area contributed by atoms with Gasteiger partial charge in [0.15, 0.2) is 0 Å². The fourth-order valence-electron chi connectivity index (χ4n) is 9.15. The Morgan fingerprint density at radius 2 is 0.641 bits per heavy atom. The van der Waals surface area contributed by atoms with Crippen LogP contribution >= 0.6 is 0 Å². The smallest absolute Gasteiger partial charge is 0.220 e. The first-order chi connectivity index (χ1) is 31.7. The Balaban J connectivity index is 3.44. The van der Waals surface area contributed by atoms with Crippen LogP contribution in [-0.4, -0.2) is 34.9 Å². The maximum Gasteiger partial charge on any atom is 0.220 e. The summed E-state index contributed by atoms with van der Waals surface area (Å²) in [6.45, 7) is 4.34. The molecule has 3 N–H and O–H groups in total. The number of amides is 1. The normalized spacial score (nSPS) is 13.0. The Hall–Kier alpha value is -1.39. The highest BCUT2D eigenvalue weighted by molar-refractivity contribution is 5.76. The molecule has 0 bridgehead atoms.